The third kappa shape index (κ3) is 1.90. The van der Waals surface area contributed by atoms with Gasteiger partial charge in [0.15, 0.2) is 0 Å². The highest BCUT2D eigenvalue weighted by atomic mass is 15.1. The highest BCUT2D eigenvalue weighted by Crippen LogP contribution is 2.27. The van der Waals surface area contributed by atoms with Crippen LogP contribution in [0, 0.1) is 0 Å². The Kier molecular flexibility index (Phi) is 3.14. The Hall–Kier alpha value is -1.50. The molecule has 2 rings (SSSR count). The number of fused-ring (bicyclic) bond motifs is 1. The maximum atomic E-state index is 2.43. The maximum Gasteiger partial charge on any atom is 0.0448 e. The van der Waals surface area contributed by atoms with Gasteiger partial charge in [-0.05, 0) is 32.2 Å². The predicted molar refractivity (Wildman–Crippen MR) is 72.1 cm³/mol. The van der Waals surface area contributed by atoms with Crippen LogP contribution in [0.15, 0.2) is 42.5 Å². The number of nitrogens with zero attached hydrogens (tertiary/aromatic N) is 1. The molecule has 0 aliphatic heterocycles. The van der Waals surface area contributed by atoms with Gasteiger partial charge in [0.2, 0.25) is 0 Å². The van der Waals surface area contributed by atoms with E-state index in [1.54, 1.807) is 0 Å². The highest BCUT2D eigenvalue weighted by molar-refractivity contribution is 5.94. The third-order valence-electron chi connectivity index (χ3n) is 3.04. The lowest BCUT2D eigenvalue weighted by atomic mass is 10.1. The average molecular weight is 213 g/mol. The van der Waals surface area contributed by atoms with Gasteiger partial charge in [-0.15, -0.1) is 0 Å². The largest absolute Gasteiger partial charge is 0.369 e. The molecule has 0 N–H and O–H groups in total. The first-order valence-corrected chi connectivity index (χ1v) is 5.98. The van der Waals surface area contributed by atoms with Crippen LogP contribution in [0.3, 0.4) is 0 Å². The van der Waals surface area contributed by atoms with Gasteiger partial charge in [0.25, 0.3) is 0 Å². The van der Waals surface area contributed by atoms with Crippen LogP contribution in [0.5, 0.6) is 0 Å². The lowest BCUT2D eigenvalue weighted by molar-refractivity contribution is 0.706. The van der Waals surface area contributed by atoms with Crippen LogP contribution < -0.4 is 4.90 Å². The molecule has 0 radical (unpaired) electrons. The Bertz CT molecular complexity index is 468. The fourth-order valence-corrected chi connectivity index (χ4v) is 2.27. The Morgan fingerprint density at radius 1 is 1.00 bits per heavy atom. The van der Waals surface area contributed by atoms with E-state index in [9.17, 15) is 0 Å². The normalized spacial score (nSPS) is 11.0. The van der Waals surface area contributed by atoms with Gasteiger partial charge in [-0.3, -0.25) is 0 Å². The molecule has 2 aromatic rings. The van der Waals surface area contributed by atoms with Crippen LogP contribution in [0.25, 0.3) is 10.8 Å². The molecular weight excluding hydrogens is 194 g/mol. The zero-order valence-electron chi connectivity index (χ0n) is 10.3. The Labute approximate surface area is 97.7 Å². The molecule has 16 heavy (non-hydrogen) atoms. The van der Waals surface area contributed by atoms with Crippen molar-refractivity contribution in [3.63, 3.8) is 0 Å². The molecule has 2 aromatic carbocycles. The summed E-state index contributed by atoms with van der Waals surface area (Å²) in [6.07, 6.45) is 0. The molecule has 0 fully saturated rings. The summed E-state index contributed by atoms with van der Waals surface area (Å²) in [6.45, 7) is 7.74. The van der Waals surface area contributed by atoms with E-state index in [-0.39, 0.29) is 0 Å². The van der Waals surface area contributed by atoms with Gasteiger partial charge in [-0.25, -0.2) is 0 Å². The molecule has 0 atom stereocenters. The van der Waals surface area contributed by atoms with Gasteiger partial charge in [-0.1, -0.05) is 36.4 Å². The number of benzene rings is 2. The molecule has 0 saturated carbocycles. The quantitative estimate of drug-likeness (QED) is 0.742. The van der Waals surface area contributed by atoms with E-state index in [0.717, 1.165) is 6.54 Å². The lowest BCUT2D eigenvalue weighted by Crippen LogP contribution is -2.30. The second kappa shape index (κ2) is 4.56. The van der Waals surface area contributed by atoms with Crippen LogP contribution in [0.1, 0.15) is 20.8 Å². The standard InChI is InChI=1S/C15H19N/c1-4-16(12(2)3)15-11-7-9-13-8-5-6-10-14(13)15/h5-12H,4H2,1-3H3. The van der Waals surface area contributed by atoms with E-state index in [4.69, 9.17) is 0 Å². The molecule has 1 heteroatoms. The first-order valence-electron chi connectivity index (χ1n) is 5.98. The fourth-order valence-electron chi connectivity index (χ4n) is 2.27. The number of hydrogen-bond donors (Lipinski definition) is 0. The molecule has 0 aliphatic carbocycles. The zero-order chi connectivity index (χ0) is 11.5. The number of hydrogen-bond acceptors (Lipinski definition) is 1. The average Bonchev–Trinajstić information content (AvgIpc) is 2.30. The smallest absolute Gasteiger partial charge is 0.0448 e. The Morgan fingerprint density at radius 2 is 1.69 bits per heavy atom. The van der Waals surface area contributed by atoms with Crippen molar-refractivity contribution in [3.8, 4) is 0 Å². The predicted octanol–water partition coefficient (Wildman–Crippen LogP) is 4.07. The minimum atomic E-state index is 0.538. The van der Waals surface area contributed by atoms with E-state index in [0.29, 0.717) is 6.04 Å². The summed E-state index contributed by atoms with van der Waals surface area (Å²) in [5, 5.41) is 2.67. The summed E-state index contributed by atoms with van der Waals surface area (Å²) < 4.78 is 0. The molecule has 0 saturated heterocycles. The van der Waals surface area contributed by atoms with Crippen molar-refractivity contribution in [3.05, 3.63) is 42.5 Å². The van der Waals surface area contributed by atoms with Crippen LogP contribution in [-0.2, 0) is 0 Å². The summed E-state index contributed by atoms with van der Waals surface area (Å²) >= 11 is 0. The molecule has 0 amide bonds. The Morgan fingerprint density at radius 3 is 2.38 bits per heavy atom. The van der Waals surface area contributed by atoms with Gasteiger partial charge in [-0.2, -0.15) is 0 Å². The summed E-state index contributed by atoms with van der Waals surface area (Å²) in [4.78, 5) is 2.43. The monoisotopic (exact) mass is 213 g/mol. The van der Waals surface area contributed by atoms with Crippen molar-refractivity contribution in [1.29, 1.82) is 0 Å². The lowest BCUT2D eigenvalue weighted by Gasteiger charge is -2.28. The van der Waals surface area contributed by atoms with Crippen molar-refractivity contribution < 1.29 is 0 Å². The van der Waals surface area contributed by atoms with Gasteiger partial charge in [0, 0.05) is 23.7 Å². The fraction of sp³-hybridized carbons (Fsp3) is 0.333. The number of rotatable bonds is 3. The molecule has 0 spiro atoms. The van der Waals surface area contributed by atoms with E-state index in [1.807, 2.05) is 0 Å². The Balaban J connectivity index is 2.59. The SMILES string of the molecule is CCN(c1cccc2ccccc12)C(C)C. The molecule has 0 aromatic heterocycles. The third-order valence-corrected chi connectivity index (χ3v) is 3.04. The maximum absolute atomic E-state index is 2.43. The van der Waals surface area contributed by atoms with Crippen LogP contribution in [0.2, 0.25) is 0 Å². The van der Waals surface area contributed by atoms with Gasteiger partial charge in [0.1, 0.15) is 0 Å². The van der Waals surface area contributed by atoms with Gasteiger partial charge in [0.05, 0.1) is 0 Å². The summed E-state index contributed by atoms with van der Waals surface area (Å²) in [7, 11) is 0. The van der Waals surface area contributed by atoms with E-state index >= 15 is 0 Å². The first-order chi connectivity index (χ1) is 7.74. The molecule has 1 nitrogen and oxygen atoms in total. The van der Waals surface area contributed by atoms with E-state index < -0.39 is 0 Å². The molecule has 84 valence electrons. The molecule has 0 bridgehead atoms. The van der Waals surface area contributed by atoms with Crippen molar-refractivity contribution >= 4 is 16.5 Å². The van der Waals surface area contributed by atoms with Crippen molar-refractivity contribution in [1.82, 2.24) is 0 Å². The van der Waals surface area contributed by atoms with Crippen molar-refractivity contribution in [2.75, 3.05) is 11.4 Å². The van der Waals surface area contributed by atoms with Gasteiger partial charge >= 0.3 is 0 Å². The van der Waals surface area contributed by atoms with Crippen LogP contribution in [0.4, 0.5) is 5.69 Å². The number of anilines is 1. The topological polar surface area (TPSA) is 3.24 Å². The molecule has 0 aliphatic rings. The minimum absolute atomic E-state index is 0.538. The van der Waals surface area contributed by atoms with E-state index in [2.05, 4.69) is 68.1 Å². The van der Waals surface area contributed by atoms with Gasteiger partial charge < -0.3 is 4.90 Å². The molecule has 0 heterocycles. The summed E-state index contributed by atoms with van der Waals surface area (Å²) in [6, 6.07) is 15.7. The van der Waals surface area contributed by atoms with Crippen molar-refractivity contribution in [2.45, 2.75) is 26.8 Å². The van der Waals surface area contributed by atoms with Crippen molar-refractivity contribution in [2.24, 2.45) is 0 Å². The summed E-state index contributed by atoms with van der Waals surface area (Å²) in [5.74, 6) is 0. The molecular formula is C15H19N. The summed E-state index contributed by atoms with van der Waals surface area (Å²) in [5.41, 5.74) is 1.34. The molecule has 0 unspecified atom stereocenters. The minimum Gasteiger partial charge on any atom is -0.369 e. The van der Waals surface area contributed by atoms with E-state index in [1.165, 1.54) is 16.5 Å². The second-order valence-corrected chi connectivity index (χ2v) is 4.38. The van der Waals surface area contributed by atoms with Crippen LogP contribution >= 0.6 is 0 Å². The zero-order valence-corrected chi connectivity index (χ0v) is 10.3. The highest BCUT2D eigenvalue weighted by Gasteiger charge is 2.10. The van der Waals surface area contributed by atoms with Crippen LogP contribution in [-0.4, -0.2) is 12.6 Å². The first kappa shape index (κ1) is 11.0. The second-order valence-electron chi connectivity index (χ2n) is 4.38.